The summed E-state index contributed by atoms with van der Waals surface area (Å²) < 4.78 is 11.0. The van der Waals surface area contributed by atoms with Gasteiger partial charge in [0.2, 0.25) is 0 Å². The molecule has 0 saturated carbocycles. The van der Waals surface area contributed by atoms with Gasteiger partial charge in [-0.15, -0.1) is 0 Å². The Labute approximate surface area is 107 Å². The number of aryl methyl sites for hydroxylation is 1. The quantitative estimate of drug-likeness (QED) is 0.877. The fourth-order valence-electron chi connectivity index (χ4n) is 1.77. The van der Waals surface area contributed by atoms with Gasteiger partial charge >= 0.3 is 0 Å². The molecule has 1 aromatic heterocycles. The highest BCUT2D eigenvalue weighted by atomic mass is 16.7. The van der Waals surface area contributed by atoms with E-state index in [1.54, 1.807) is 12.3 Å². The van der Waals surface area contributed by atoms with Crippen LogP contribution in [0, 0.1) is 6.92 Å². The van der Waals surface area contributed by atoms with Gasteiger partial charge in [0.15, 0.2) is 5.79 Å². The van der Waals surface area contributed by atoms with Crippen molar-refractivity contribution < 1.29 is 14.3 Å². The molecule has 2 rings (SSSR count). The van der Waals surface area contributed by atoms with Crippen LogP contribution in [0.5, 0.6) is 0 Å². The zero-order valence-corrected chi connectivity index (χ0v) is 10.9. The number of rotatable bonds is 3. The summed E-state index contributed by atoms with van der Waals surface area (Å²) in [6, 6.07) is 3.57. The Bertz CT molecular complexity index is 428. The van der Waals surface area contributed by atoms with Crippen molar-refractivity contribution in [3.05, 3.63) is 29.6 Å². The molecule has 98 valence electrons. The molecular weight excluding hydrogens is 232 g/mol. The molecule has 0 aromatic carbocycles. The summed E-state index contributed by atoms with van der Waals surface area (Å²) in [6.45, 7) is 6.54. The van der Waals surface area contributed by atoms with Crippen LogP contribution in [0.4, 0.5) is 0 Å². The lowest BCUT2D eigenvalue weighted by molar-refractivity contribution is -0.137. The van der Waals surface area contributed by atoms with Crippen LogP contribution in [-0.4, -0.2) is 35.9 Å². The minimum Gasteiger partial charge on any atom is -0.349 e. The summed E-state index contributed by atoms with van der Waals surface area (Å²) >= 11 is 0. The van der Waals surface area contributed by atoms with Crippen LogP contribution in [0.15, 0.2) is 18.3 Å². The van der Waals surface area contributed by atoms with E-state index in [9.17, 15) is 4.79 Å². The third-order valence-electron chi connectivity index (χ3n) is 2.73. The summed E-state index contributed by atoms with van der Waals surface area (Å²) in [5.74, 6) is -0.698. The number of ether oxygens (including phenoxy) is 2. The largest absolute Gasteiger partial charge is 0.349 e. The number of nitrogens with one attached hydrogen (secondary N) is 1. The molecular formula is C13H18N2O3. The third-order valence-corrected chi connectivity index (χ3v) is 2.73. The first kappa shape index (κ1) is 13.0. The summed E-state index contributed by atoms with van der Waals surface area (Å²) in [7, 11) is 0. The second kappa shape index (κ2) is 5.04. The maximum atomic E-state index is 11.8. The Balaban J connectivity index is 1.84. The van der Waals surface area contributed by atoms with E-state index in [0.29, 0.717) is 18.7 Å². The van der Waals surface area contributed by atoms with Crippen molar-refractivity contribution in [3.8, 4) is 0 Å². The molecule has 5 nitrogen and oxygen atoms in total. The van der Waals surface area contributed by atoms with Gasteiger partial charge in [-0.2, -0.15) is 0 Å². The first-order chi connectivity index (χ1) is 8.46. The van der Waals surface area contributed by atoms with Crippen LogP contribution in [0.2, 0.25) is 0 Å². The zero-order valence-electron chi connectivity index (χ0n) is 10.9. The van der Waals surface area contributed by atoms with E-state index < -0.39 is 5.79 Å². The summed E-state index contributed by atoms with van der Waals surface area (Å²) in [5, 5.41) is 2.81. The standard InChI is InChI=1S/C13H18N2O3/c1-9-4-5-10(6-14-9)12(16)15-7-11-8-17-13(2,3)18-11/h4-6,11H,7-8H2,1-3H3,(H,15,16). The molecule has 0 radical (unpaired) electrons. The summed E-state index contributed by atoms with van der Waals surface area (Å²) in [5.41, 5.74) is 1.44. The van der Waals surface area contributed by atoms with Crippen LogP contribution in [0.1, 0.15) is 29.9 Å². The number of carbonyl (C=O) groups is 1. The number of carbonyl (C=O) groups excluding carboxylic acids is 1. The highest BCUT2D eigenvalue weighted by Gasteiger charge is 2.32. The van der Waals surface area contributed by atoms with Crippen molar-refractivity contribution in [2.24, 2.45) is 0 Å². The van der Waals surface area contributed by atoms with E-state index in [2.05, 4.69) is 10.3 Å². The minimum atomic E-state index is -0.555. The van der Waals surface area contributed by atoms with Crippen molar-refractivity contribution in [1.82, 2.24) is 10.3 Å². The van der Waals surface area contributed by atoms with Gasteiger partial charge < -0.3 is 14.8 Å². The fraction of sp³-hybridized carbons (Fsp3) is 0.538. The van der Waals surface area contributed by atoms with Gasteiger partial charge in [-0.1, -0.05) is 0 Å². The Morgan fingerprint density at radius 3 is 2.89 bits per heavy atom. The molecule has 1 saturated heterocycles. The van der Waals surface area contributed by atoms with Gasteiger partial charge in [0.05, 0.1) is 12.2 Å². The van der Waals surface area contributed by atoms with Crippen molar-refractivity contribution in [1.29, 1.82) is 0 Å². The molecule has 0 bridgehead atoms. The van der Waals surface area contributed by atoms with E-state index in [4.69, 9.17) is 9.47 Å². The van der Waals surface area contributed by atoms with E-state index in [1.807, 2.05) is 26.8 Å². The topological polar surface area (TPSA) is 60.5 Å². The second-order valence-corrected chi connectivity index (χ2v) is 4.85. The predicted molar refractivity (Wildman–Crippen MR) is 66.2 cm³/mol. The van der Waals surface area contributed by atoms with Crippen molar-refractivity contribution in [2.45, 2.75) is 32.7 Å². The van der Waals surface area contributed by atoms with Gasteiger partial charge in [0, 0.05) is 18.4 Å². The highest BCUT2D eigenvalue weighted by Crippen LogP contribution is 2.21. The van der Waals surface area contributed by atoms with Crippen LogP contribution < -0.4 is 5.32 Å². The van der Waals surface area contributed by atoms with Crippen molar-refractivity contribution in [2.75, 3.05) is 13.2 Å². The highest BCUT2D eigenvalue weighted by molar-refractivity contribution is 5.93. The Morgan fingerprint density at radius 2 is 2.33 bits per heavy atom. The number of nitrogens with zero attached hydrogens (tertiary/aromatic N) is 1. The molecule has 1 aliphatic rings. The Kier molecular flexibility index (Phi) is 3.63. The summed E-state index contributed by atoms with van der Waals surface area (Å²) in [6.07, 6.45) is 1.48. The Hall–Kier alpha value is -1.46. The SMILES string of the molecule is Cc1ccc(C(=O)NCC2COC(C)(C)O2)cn1. The number of hydrogen-bond donors (Lipinski definition) is 1. The van der Waals surface area contributed by atoms with E-state index in [0.717, 1.165) is 5.69 Å². The van der Waals surface area contributed by atoms with Gasteiger partial charge in [0.25, 0.3) is 5.91 Å². The monoisotopic (exact) mass is 250 g/mol. The molecule has 0 aliphatic carbocycles. The molecule has 18 heavy (non-hydrogen) atoms. The molecule has 1 aliphatic heterocycles. The maximum absolute atomic E-state index is 11.8. The molecule has 1 N–H and O–H groups in total. The first-order valence-corrected chi connectivity index (χ1v) is 5.99. The molecule has 1 amide bonds. The lowest BCUT2D eigenvalue weighted by atomic mass is 10.2. The fourth-order valence-corrected chi connectivity index (χ4v) is 1.77. The van der Waals surface area contributed by atoms with Crippen molar-refractivity contribution >= 4 is 5.91 Å². The molecule has 0 spiro atoms. The number of aromatic nitrogens is 1. The normalized spacial score (nSPS) is 21.8. The van der Waals surface area contributed by atoms with Crippen LogP contribution in [-0.2, 0) is 9.47 Å². The molecule has 5 heteroatoms. The number of amides is 1. The van der Waals surface area contributed by atoms with Gasteiger partial charge in [-0.25, -0.2) is 0 Å². The van der Waals surface area contributed by atoms with Crippen LogP contribution in [0.3, 0.4) is 0 Å². The third kappa shape index (κ3) is 3.27. The Morgan fingerprint density at radius 1 is 1.56 bits per heavy atom. The lowest BCUT2D eigenvalue weighted by Gasteiger charge is -2.17. The van der Waals surface area contributed by atoms with E-state index in [-0.39, 0.29) is 12.0 Å². The first-order valence-electron chi connectivity index (χ1n) is 5.99. The maximum Gasteiger partial charge on any atom is 0.252 e. The summed E-state index contributed by atoms with van der Waals surface area (Å²) in [4.78, 5) is 15.9. The average Bonchev–Trinajstić information content (AvgIpc) is 2.67. The average molecular weight is 250 g/mol. The lowest BCUT2D eigenvalue weighted by Crippen LogP contribution is -2.34. The van der Waals surface area contributed by atoms with Gasteiger partial charge in [0.1, 0.15) is 6.10 Å². The van der Waals surface area contributed by atoms with Gasteiger partial charge in [-0.3, -0.25) is 9.78 Å². The smallest absolute Gasteiger partial charge is 0.252 e. The molecule has 1 unspecified atom stereocenters. The van der Waals surface area contributed by atoms with Crippen LogP contribution >= 0.6 is 0 Å². The predicted octanol–water partition coefficient (Wildman–Crippen LogP) is 1.27. The van der Waals surface area contributed by atoms with Crippen LogP contribution in [0.25, 0.3) is 0 Å². The molecule has 2 heterocycles. The molecule has 1 aromatic rings. The second-order valence-electron chi connectivity index (χ2n) is 4.85. The molecule has 1 fully saturated rings. The van der Waals surface area contributed by atoms with Crippen molar-refractivity contribution in [3.63, 3.8) is 0 Å². The zero-order chi connectivity index (χ0) is 13.2. The number of hydrogen-bond acceptors (Lipinski definition) is 4. The molecule has 1 atom stereocenters. The van der Waals surface area contributed by atoms with E-state index >= 15 is 0 Å². The van der Waals surface area contributed by atoms with E-state index in [1.165, 1.54) is 0 Å². The minimum absolute atomic E-state index is 0.0950. The van der Waals surface area contributed by atoms with Gasteiger partial charge in [-0.05, 0) is 32.9 Å². The number of pyridine rings is 1.